The van der Waals surface area contributed by atoms with E-state index in [2.05, 4.69) is 5.32 Å². The molecule has 1 aromatic rings. The third-order valence-electron chi connectivity index (χ3n) is 3.86. The summed E-state index contributed by atoms with van der Waals surface area (Å²) in [5.41, 5.74) is 1.02. The molecule has 2 saturated heterocycles. The zero-order valence-corrected chi connectivity index (χ0v) is 11.5. The zero-order chi connectivity index (χ0) is 13.6. The van der Waals surface area contributed by atoms with Gasteiger partial charge in [-0.2, -0.15) is 4.31 Å². The highest BCUT2D eigenvalue weighted by Gasteiger charge is 2.46. The summed E-state index contributed by atoms with van der Waals surface area (Å²) < 4.78 is 26.6. The molecule has 2 fully saturated rings. The fourth-order valence-corrected chi connectivity index (χ4v) is 4.51. The molecule has 0 bridgehead atoms. The van der Waals surface area contributed by atoms with Crippen molar-refractivity contribution in [3.8, 4) is 0 Å². The molecule has 0 aliphatic carbocycles. The number of carbonyl (C=O) groups is 1. The first-order valence-corrected chi connectivity index (χ1v) is 7.80. The number of amides is 1. The average Bonchev–Trinajstić information content (AvgIpc) is 2.88. The van der Waals surface area contributed by atoms with E-state index < -0.39 is 10.0 Å². The number of rotatable bonds is 2. The molecule has 6 heteroatoms. The number of carbonyl (C=O) groups excluding carboxylic acids is 1. The first-order chi connectivity index (χ1) is 8.98. The number of aryl methyl sites for hydroxylation is 1. The average molecular weight is 280 g/mol. The molecule has 0 radical (unpaired) electrons. The maximum absolute atomic E-state index is 12.6. The van der Waals surface area contributed by atoms with E-state index in [9.17, 15) is 13.2 Å². The molecule has 1 N–H and O–H groups in total. The largest absolute Gasteiger partial charge is 0.352 e. The topological polar surface area (TPSA) is 66.5 Å². The fourth-order valence-electron chi connectivity index (χ4n) is 2.84. The molecule has 0 saturated carbocycles. The van der Waals surface area contributed by atoms with Gasteiger partial charge in [-0.1, -0.05) is 17.7 Å². The predicted octanol–water partition coefficient (Wildman–Crippen LogP) is 0.647. The second kappa shape index (κ2) is 4.31. The van der Waals surface area contributed by atoms with Gasteiger partial charge in [-0.05, 0) is 25.5 Å². The first kappa shape index (κ1) is 12.6. The van der Waals surface area contributed by atoms with Crippen LogP contribution >= 0.6 is 0 Å². The van der Waals surface area contributed by atoms with Crippen LogP contribution in [-0.2, 0) is 14.8 Å². The summed E-state index contributed by atoms with van der Waals surface area (Å²) in [4.78, 5) is 11.7. The van der Waals surface area contributed by atoms with E-state index in [-0.39, 0.29) is 24.4 Å². The number of benzene rings is 1. The number of fused-ring (bicyclic) bond motifs is 1. The number of nitrogens with zero attached hydrogens (tertiary/aromatic N) is 1. The summed E-state index contributed by atoms with van der Waals surface area (Å²) in [6.07, 6.45) is 0.970. The maximum Gasteiger partial charge on any atom is 0.243 e. The van der Waals surface area contributed by atoms with Gasteiger partial charge in [-0.25, -0.2) is 8.42 Å². The highest BCUT2D eigenvalue weighted by Crippen LogP contribution is 2.31. The van der Waals surface area contributed by atoms with Crippen molar-refractivity contribution >= 4 is 15.9 Å². The van der Waals surface area contributed by atoms with Crippen molar-refractivity contribution in [3.05, 3.63) is 29.8 Å². The van der Waals surface area contributed by atoms with Crippen LogP contribution in [0.1, 0.15) is 18.4 Å². The van der Waals surface area contributed by atoms with Crippen LogP contribution in [0.25, 0.3) is 0 Å². The van der Waals surface area contributed by atoms with Crippen LogP contribution < -0.4 is 5.32 Å². The Hall–Kier alpha value is -1.40. The van der Waals surface area contributed by atoms with E-state index in [0.717, 1.165) is 5.56 Å². The van der Waals surface area contributed by atoms with Gasteiger partial charge >= 0.3 is 0 Å². The quantitative estimate of drug-likeness (QED) is 0.865. The van der Waals surface area contributed by atoms with Crippen molar-refractivity contribution in [2.45, 2.75) is 36.7 Å². The van der Waals surface area contributed by atoms with Gasteiger partial charge in [-0.3, -0.25) is 4.79 Å². The summed E-state index contributed by atoms with van der Waals surface area (Å²) in [6.45, 7) is 2.40. The molecule has 0 spiro atoms. The predicted molar refractivity (Wildman–Crippen MR) is 70.0 cm³/mol. The standard InChI is InChI=1S/C13H16N2O3S/c1-9-2-4-10(5-3-9)19(17,18)15-7-6-11-12(15)8-13(16)14-11/h2-5,11-12H,6-8H2,1H3,(H,14,16). The number of nitrogens with one attached hydrogen (secondary N) is 1. The van der Waals surface area contributed by atoms with Crippen LogP contribution in [-0.4, -0.2) is 37.3 Å². The van der Waals surface area contributed by atoms with Gasteiger partial charge in [0.15, 0.2) is 0 Å². The second-order valence-electron chi connectivity index (χ2n) is 5.16. The summed E-state index contributed by atoms with van der Waals surface area (Å²) in [7, 11) is -3.49. The molecule has 19 heavy (non-hydrogen) atoms. The van der Waals surface area contributed by atoms with E-state index in [1.807, 2.05) is 6.92 Å². The van der Waals surface area contributed by atoms with Crippen molar-refractivity contribution in [3.63, 3.8) is 0 Å². The molecule has 2 atom stereocenters. The van der Waals surface area contributed by atoms with Gasteiger partial charge < -0.3 is 5.32 Å². The van der Waals surface area contributed by atoms with E-state index >= 15 is 0 Å². The number of hydrogen-bond acceptors (Lipinski definition) is 3. The summed E-state index contributed by atoms with van der Waals surface area (Å²) >= 11 is 0. The minimum Gasteiger partial charge on any atom is -0.352 e. The molecule has 1 amide bonds. The van der Waals surface area contributed by atoms with Gasteiger partial charge in [0.05, 0.1) is 10.9 Å². The Balaban J connectivity index is 1.93. The maximum atomic E-state index is 12.6. The van der Waals surface area contributed by atoms with Crippen molar-refractivity contribution in [2.75, 3.05) is 6.54 Å². The minimum atomic E-state index is -3.49. The Morgan fingerprint density at radius 2 is 1.95 bits per heavy atom. The number of sulfonamides is 1. The van der Waals surface area contributed by atoms with Gasteiger partial charge in [-0.15, -0.1) is 0 Å². The van der Waals surface area contributed by atoms with Crippen LogP contribution in [0.4, 0.5) is 0 Å². The van der Waals surface area contributed by atoms with E-state index in [0.29, 0.717) is 17.9 Å². The van der Waals surface area contributed by atoms with Crippen molar-refractivity contribution < 1.29 is 13.2 Å². The molecule has 5 nitrogen and oxygen atoms in total. The Morgan fingerprint density at radius 1 is 1.26 bits per heavy atom. The molecule has 2 aliphatic heterocycles. The zero-order valence-electron chi connectivity index (χ0n) is 10.7. The summed E-state index contributed by atoms with van der Waals surface area (Å²) in [5.74, 6) is -0.0567. The van der Waals surface area contributed by atoms with Gasteiger partial charge in [0.25, 0.3) is 0 Å². The molecule has 2 unspecified atom stereocenters. The second-order valence-corrected chi connectivity index (χ2v) is 7.05. The Kier molecular flexibility index (Phi) is 2.87. The first-order valence-electron chi connectivity index (χ1n) is 6.36. The molecular weight excluding hydrogens is 264 g/mol. The third-order valence-corrected chi connectivity index (χ3v) is 5.80. The minimum absolute atomic E-state index is 0.0206. The SMILES string of the molecule is Cc1ccc(S(=O)(=O)N2CCC3NC(=O)CC32)cc1. The van der Waals surface area contributed by atoms with E-state index in [4.69, 9.17) is 0 Å². The molecule has 2 aliphatic rings. The molecule has 0 aromatic heterocycles. The van der Waals surface area contributed by atoms with Crippen LogP contribution in [0.3, 0.4) is 0 Å². The van der Waals surface area contributed by atoms with Gasteiger partial charge in [0.2, 0.25) is 15.9 Å². The highest BCUT2D eigenvalue weighted by atomic mass is 32.2. The Morgan fingerprint density at radius 3 is 2.63 bits per heavy atom. The molecule has 102 valence electrons. The summed E-state index contributed by atoms with van der Waals surface area (Å²) in [5, 5.41) is 2.83. The Labute approximate surface area is 112 Å². The lowest BCUT2D eigenvalue weighted by atomic mass is 10.1. The van der Waals surface area contributed by atoms with Gasteiger partial charge in [0, 0.05) is 19.0 Å². The lowest BCUT2D eigenvalue weighted by Crippen LogP contribution is -2.38. The monoisotopic (exact) mass is 280 g/mol. The molecule has 3 rings (SSSR count). The van der Waals surface area contributed by atoms with Crippen LogP contribution in [0.15, 0.2) is 29.2 Å². The summed E-state index contributed by atoms with van der Waals surface area (Å²) in [6, 6.07) is 6.59. The van der Waals surface area contributed by atoms with Crippen LogP contribution in [0, 0.1) is 6.92 Å². The lowest BCUT2D eigenvalue weighted by molar-refractivity contribution is -0.119. The Bertz CT molecular complexity index is 609. The van der Waals surface area contributed by atoms with Crippen LogP contribution in [0.5, 0.6) is 0 Å². The van der Waals surface area contributed by atoms with Crippen molar-refractivity contribution in [2.24, 2.45) is 0 Å². The smallest absolute Gasteiger partial charge is 0.243 e. The van der Waals surface area contributed by atoms with Crippen molar-refractivity contribution in [1.29, 1.82) is 0 Å². The lowest BCUT2D eigenvalue weighted by Gasteiger charge is -2.22. The number of hydrogen-bond donors (Lipinski definition) is 1. The van der Waals surface area contributed by atoms with Gasteiger partial charge in [0.1, 0.15) is 0 Å². The van der Waals surface area contributed by atoms with E-state index in [1.165, 1.54) is 4.31 Å². The third kappa shape index (κ3) is 2.04. The van der Waals surface area contributed by atoms with Crippen LogP contribution in [0.2, 0.25) is 0 Å². The molecular formula is C13H16N2O3S. The van der Waals surface area contributed by atoms with Crippen molar-refractivity contribution in [1.82, 2.24) is 9.62 Å². The molecule has 2 heterocycles. The van der Waals surface area contributed by atoms with E-state index in [1.54, 1.807) is 24.3 Å². The fraction of sp³-hybridized carbons (Fsp3) is 0.462. The molecule has 1 aromatic carbocycles. The highest BCUT2D eigenvalue weighted by molar-refractivity contribution is 7.89. The normalized spacial score (nSPS) is 27.3.